The molecule has 0 aliphatic heterocycles. The number of halogens is 1. The lowest BCUT2D eigenvalue weighted by Crippen LogP contribution is -2.24. The summed E-state index contributed by atoms with van der Waals surface area (Å²) < 4.78 is 13.0. The summed E-state index contributed by atoms with van der Waals surface area (Å²) in [5, 5.41) is 11.6. The van der Waals surface area contributed by atoms with E-state index >= 15 is 0 Å². The van der Waals surface area contributed by atoms with Gasteiger partial charge in [-0.05, 0) is 29.5 Å². The van der Waals surface area contributed by atoms with E-state index in [9.17, 15) is 9.18 Å². The van der Waals surface area contributed by atoms with Crippen molar-refractivity contribution in [2.45, 2.75) is 34.1 Å². The number of carbonyl (C=O) groups is 1. The van der Waals surface area contributed by atoms with E-state index in [-0.39, 0.29) is 22.8 Å². The van der Waals surface area contributed by atoms with Crippen LogP contribution in [0.5, 0.6) is 0 Å². The Labute approximate surface area is 113 Å². The van der Waals surface area contributed by atoms with Gasteiger partial charge < -0.3 is 5.32 Å². The molecular formula is C15H19FN2O. The molecule has 0 saturated carbocycles. The molecule has 0 saturated heterocycles. The second-order valence-corrected chi connectivity index (χ2v) is 5.82. The number of rotatable bonds is 3. The van der Waals surface area contributed by atoms with Crippen LogP contribution in [-0.4, -0.2) is 5.91 Å². The highest BCUT2D eigenvalue weighted by atomic mass is 19.1. The number of anilines is 1. The lowest BCUT2D eigenvalue weighted by atomic mass is 9.80. The molecule has 0 fully saturated rings. The largest absolute Gasteiger partial charge is 0.325 e. The Kier molecular flexibility index (Phi) is 4.66. The first-order valence-electron chi connectivity index (χ1n) is 6.23. The van der Waals surface area contributed by atoms with Crippen molar-refractivity contribution in [1.29, 1.82) is 5.26 Å². The first kappa shape index (κ1) is 15.2. The molecule has 1 unspecified atom stereocenters. The molecule has 0 aromatic heterocycles. The topological polar surface area (TPSA) is 52.9 Å². The number of nitrogens with one attached hydrogen (secondary N) is 1. The van der Waals surface area contributed by atoms with Crippen LogP contribution in [0.25, 0.3) is 0 Å². The first-order valence-corrected chi connectivity index (χ1v) is 6.23. The zero-order valence-corrected chi connectivity index (χ0v) is 11.7. The van der Waals surface area contributed by atoms with E-state index in [4.69, 9.17) is 5.26 Å². The molecule has 0 radical (unpaired) electrons. The van der Waals surface area contributed by atoms with Crippen molar-refractivity contribution in [3.8, 4) is 6.07 Å². The number of nitrogens with zero attached hydrogens (tertiary/aromatic N) is 1. The first-order chi connectivity index (χ1) is 8.74. The fraction of sp³-hybridized carbons (Fsp3) is 0.467. The summed E-state index contributed by atoms with van der Waals surface area (Å²) in [6.45, 7) is 8.23. The van der Waals surface area contributed by atoms with Crippen LogP contribution in [0.2, 0.25) is 0 Å². The van der Waals surface area contributed by atoms with Crippen molar-refractivity contribution in [2.75, 3.05) is 5.32 Å². The third-order valence-electron chi connectivity index (χ3n) is 3.35. The van der Waals surface area contributed by atoms with Crippen molar-refractivity contribution >= 4 is 11.6 Å². The fourth-order valence-electron chi connectivity index (χ4n) is 1.50. The van der Waals surface area contributed by atoms with Gasteiger partial charge in [-0.25, -0.2) is 4.39 Å². The van der Waals surface area contributed by atoms with Gasteiger partial charge in [0.2, 0.25) is 5.91 Å². The molecule has 0 aliphatic carbocycles. The number of hydrogen-bond donors (Lipinski definition) is 1. The number of carbonyl (C=O) groups excluding carboxylic acids is 1. The van der Waals surface area contributed by atoms with E-state index in [0.29, 0.717) is 12.1 Å². The summed E-state index contributed by atoms with van der Waals surface area (Å²) in [5.74, 6) is -0.443. The molecule has 1 aromatic carbocycles. The molecule has 4 heteroatoms. The molecule has 102 valence electrons. The second kappa shape index (κ2) is 5.83. The number of benzene rings is 1. The minimum atomic E-state index is -0.488. The van der Waals surface area contributed by atoms with Gasteiger partial charge in [0.15, 0.2) is 0 Å². The smallest absolute Gasteiger partial charge is 0.224 e. The molecule has 1 atom stereocenters. The van der Waals surface area contributed by atoms with Crippen LogP contribution >= 0.6 is 0 Å². The van der Waals surface area contributed by atoms with E-state index in [1.54, 1.807) is 0 Å². The molecule has 1 amide bonds. The van der Waals surface area contributed by atoms with E-state index in [0.717, 1.165) is 6.07 Å². The van der Waals surface area contributed by atoms with E-state index < -0.39 is 5.82 Å². The summed E-state index contributed by atoms with van der Waals surface area (Å²) >= 11 is 0. The van der Waals surface area contributed by atoms with Crippen molar-refractivity contribution in [3.63, 3.8) is 0 Å². The van der Waals surface area contributed by atoms with Crippen LogP contribution in [0.3, 0.4) is 0 Å². The highest BCUT2D eigenvalue weighted by Crippen LogP contribution is 2.28. The number of nitriles is 1. The molecule has 19 heavy (non-hydrogen) atoms. The normalized spacial score (nSPS) is 12.6. The molecule has 1 aromatic rings. The molecule has 0 aliphatic rings. The van der Waals surface area contributed by atoms with Crippen LogP contribution in [0.1, 0.15) is 39.7 Å². The van der Waals surface area contributed by atoms with Crippen LogP contribution in [0.15, 0.2) is 18.2 Å². The Morgan fingerprint density at radius 2 is 2.11 bits per heavy atom. The van der Waals surface area contributed by atoms with Gasteiger partial charge >= 0.3 is 0 Å². The van der Waals surface area contributed by atoms with Crippen molar-refractivity contribution in [1.82, 2.24) is 0 Å². The van der Waals surface area contributed by atoms with Crippen molar-refractivity contribution in [3.05, 3.63) is 29.6 Å². The molecular weight excluding hydrogens is 243 g/mol. The summed E-state index contributed by atoms with van der Waals surface area (Å²) in [6.07, 6.45) is 0.367. The van der Waals surface area contributed by atoms with E-state index in [2.05, 4.69) is 26.1 Å². The van der Waals surface area contributed by atoms with Crippen LogP contribution in [0, 0.1) is 28.5 Å². The third kappa shape index (κ3) is 4.36. The Balaban J connectivity index is 2.76. The third-order valence-corrected chi connectivity index (χ3v) is 3.35. The maximum absolute atomic E-state index is 13.0. The Morgan fingerprint density at radius 3 is 2.63 bits per heavy atom. The quantitative estimate of drug-likeness (QED) is 0.902. The minimum Gasteiger partial charge on any atom is -0.325 e. The lowest BCUT2D eigenvalue weighted by Gasteiger charge is -2.26. The second-order valence-electron chi connectivity index (χ2n) is 5.82. The fourth-order valence-corrected chi connectivity index (χ4v) is 1.50. The minimum absolute atomic E-state index is 0.0399. The summed E-state index contributed by atoms with van der Waals surface area (Å²) in [6, 6.07) is 5.62. The number of amides is 1. The van der Waals surface area contributed by atoms with Crippen molar-refractivity contribution in [2.24, 2.45) is 11.3 Å². The SMILES string of the molecule is CC(CC(=O)Nc1ccc(F)cc1C#N)C(C)(C)C. The lowest BCUT2D eigenvalue weighted by molar-refractivity contribution is -0.117. The van der Waals surface area contributed by atoms with Gasteiger partial charge in [-0.3, -0.25) is 4.79 Å². The predicted octanol–water partition coefficient (Wildman–Crippen LogP) is 3.71. The van der Waals surface area contributed by atoms with Crippen LogP contribution < -0.4 is 5.32 Å². The molecule has 0 spiro atoms. The summed E-state index contributed by atoms with van der Waals surface area (Å²) in [7, 11) is 0. The highest BCUT2D eigenvalue weighted by molar-refractivity contribution is 5.92. The Hall–Kier alpha value is -1.89. The van der Waals surface area contributed by atoms with E-state index in [1.807, 2.05) is 13.0 Å². The molecule has 0 bridgehead atoms. The zero-order chi connectivity index (χ0) is 14.6. The van der Waals surface area contributed by atoms with Crippen LogP contribution in [0.4, 0.5) is 10.1 Å². The van der Waals surface area contributed by atoms with Gasteiger partial charge in [-0.1, -0.05) is 27.7 Å². The zero-order valence-electron chi connectivity index (χ0n) is 11.7. The van der Waals surface area contributed by atoms with Crippen molar-refractivity contribution < 1.29 is 9.18 Å². The molecule has 1 N–H and O–H groups in total. The predicted molar refractivity (Wildman–Crippen MR) is 73.0 cm³/mol. The maximum Gasteiger partial charge on any atom is 0.224 e. The monoisotopic (exact) mass is 262 g/mol. The van der Waals surface area contributed by atoms with Gasteiger partial charge in [0.25, 0.3) is 0 Å². The molecule has 3 nitrogen and oxygen atoms in total. The van der Waals surface area contributed by atoms with Crippen LogP contribution in [-0.2, 0) is 4.79 Å². The standard InChI is InChI=1S/C15H19FN2O/c1-10(15(2,3)4)7-14(19)18-13-6-5-12(16)8-11(13)9-17/h5-6,8,10H,7H2,1-4H3,(H,18,19). The molecule has 0 heterocycles. The van der Waals surface area contributed by atoms with E-state index in [1.165, 1.54) is 12.1 Å². The van der Waals surface area contributed by atoms with Gasteiger partial charge in [0.05, 0.1) is 11.3 Å². The van der Waals surface area contributed by atoms with Gasteiger partial charge in [-0.2, -0.15) is 5.26 Å². The summed E-state index contributed by atoms with van der Waals surface area (Å²) in [5.41, 5.74) is 0.532. The average molecular weight is 262 g/mol. The number of hydrogen-bond acceptors (Lipinski definition) is 2. The Morgan fingerprint density at radius 1 is 1.47 bits per heavy atom. The average Bonchev–Trinajstić information content (AvgIpc) is 2.30. The summed E-state index contributed by atoms with van der Waals surface area (Å²) in [4.78, 5) is 11.9. The maximum atomic E-state index is 13.0. The highest BCUT2D eigenvalue weighted by Gasteiger charge is 2.22. The van der Waals surface area contributed by atoms with Gasteiger partial charge in [0, 0.05) is 6.42 Å². The van der Waals surface area contributed by atoms with Gasteiger partial charge in [0.1, 0.15) is 11.9 Å². The van der Waals surface area contributed by atoms with Gasteiger partial charge in [-0.15, -0.1) is 0 Å². The molecule has 1 rings (SSSR count). The Bertz CT molecular complexity index is 512.